The Hall–Kier alpha value is -2.04. The number of rotatable bonds is 2. The summed E-state index contributed by atoms with van der Waals surface area (Å²) in [4.78, 5) is 27.1. The van der Waals surface area contributed by atoms with Crippen LogP contribution in [0.3, 0.4) is 0 Å². The summed E-state index contributed by atoms with van der Waals surface area (Å²) in [5, 5.41) is 0. The van der Waals surface area contributed by atoms with E-state index in [0.717, 1.165) is 25.1 Å². The van der Waals surface area contributed by atoms with Crippen molar-refractivity contribution in [3.63, 3.8) is 0 Å². The molecule has 0 unspecified atom stereocenters. The molecule has 2 amide bonds. The third kappa shape index (κ3) is 2.05. The van der Waals surface area contributed by atoms with Crippen LogP contribution in [0.5, 0.6) is 0 Å². The van der Waals surface area contributed by atoms with Gasteiger partial charge in [0.15, 0.2) is 0 Å². The number of imide groups is 1. The van der Waals surface area contributed by atoms with Crippen LogP contribution in [0.25, 0.3) is 0 Å². The zero-order valence-corrected chi connectivity index (χ0v) is 10.8. The monoisotopic (exact) mass is 259 g/mol. The van der Waals surface area contributed by atoms with Gasteiger partial charge in [-0.3, -0.25) is 14.5 Å². The Balaban J connectivity index is 1.76. The molecule has 1 aromatic carbocycles. The molecule has 2 aliphatic rings. The van der Waals surface area contributed by atoms with Crippen LogP contribution >= 0.6 is 0 Å². The Labute approximate surface area is 112 Å². The number of hydrogen-bond acceptors (Lipinski definition) is 4. The van der Waals surface area contributed by atoms with E-state index >= 15 is 0 Å². The van der Waals surface area contributed by atoms with Crippen LogP contribution in [0, 0.1) is 0 Å². The van der Waals surface area contributed by atoms with E-state index in [1.807, 2.05) is 23.1 Å². The molecule has 0 atom stereocenters. The van der Waals surface area contributed by atoms with E-state index in [2.05, 4.69) is 0 Å². The maximum atomic E-state index is 12.2. The first-order chi connectivity index (χ1) is 9.16. The van der Waals surface area contributed by atoms with E-state index in [0.29, 0.717) is 18.7 Å². The van der Waals surface area contributed by atoms with Gasteiger partial charge < -0.3 is 10.6 Å². The number of fused-ring (bicyclic) bond motifs is 1. The van der Waals surface area contributed by atoms with E-state index in [1.54, 1.807) is 0 Å². The average Bonchev–Trinajstić information content (AvgIpc) is 2.97. The average molecular weight is 259 g/mol. The van der Waals surface area contributed by atoms with Crippen LogP contribution in [0.1, 0.15) is 18.4 Å². The molecule has 1 fully saturated rings. The van der Waals surface area contributed by atoms with Crippen LogP contribution in [0.2, 0.25) is 0 Å². The Morgan fingerprint density at radius 3 is 2.84 bits per heavy atom. The highest BCUT2D eigenvalue weighted by Gasteiger charge is 2.30. The highest BCUT2D eigenvalue weighted by Crippen LogP contribution is 2.33. The van der Waals surface area contributed by atoms with Crippen LogP contribution < -0.4 is 10.6 Å². The van der Waals surface area contributed by atoms with Gasteiger partial charge in [0.1, 0.15) is 0 Å². The predicted octanol–water partition coefficient (Wildman–Crippen LogP) is 0.780. The number of benzene rings is 1. The summed E-state index contributed by atoms with van der Waals surface area (Å²) in [7, 11) is 0. The molecule has 0 aliphatic carbocycles. The minimum atomic E-state index is -0.112. The highest BCUT2D eigenvalue weighted by molar-refractivity contribution is 5.99. The lowest BCUT2D eigenvalue weighted by atomic mass is 10.1. The molecule has 1 aromatic rings. The number of nitrogen functional groups attached to an aromatic ring is 1. The highest BCUT2D eigenvalue weighted by atomic mass is 16.2. The number of nitrogens with zero attached hydrogens (tertiary/aromatic N) is 2. The number of hydrogen-bond donors (Lipinski definition) is 1. The summed E-state index contributed by atoms with van der Waals surface area (Å²) < 4.78 is 0. The molecule has 0 radical (unpaired) electrons. The van der Waals surface area contributed by atoms with E-state index < -0.39 is 0 Å². The smallest absolute Gasteiger partial charge is 0.248 e. The second kappa shape index (κ2) is 4.57. The summed E-state index contributed by atoms with van der Waals surface area (Å²) in [5.41, 5.74) is 8.83. The maximum Gasteiger partial charge on any atom is 0.248 e. The van der Waals surface area contributed by atoms with Crippen molar-refractivity contribution in [3.8, 4) is 0 Å². The van der Waals surface area contributed by atoms with Crippen molar-refractivity contribution in [1.82, 2.24) is 4.90 Å². The predicted molar refractivity (Wildman–Crippen MR) is 72.7 cm³/mol. The van der Waals surface area contributed by atoms with Crippen molar-refractivity contribution < 1.29 is 9.59 Å². The molecule has 1 saturated heterocycles. The Morgan fingerprint density at radius 1 is 1.26 bits per heavy atom. The molecule has 3 rings (SSSR count). The zero-order chi connectivity index (χ0) is 13.4. The normalized spacial score (nSPS) is 18.0. The third-order valence-corrected chi connectivity index (χ3v) is 3.82. The molecule has 19 heavy (non-hydrogen) atoms. The Morgan fingerprint density at radius 2 is 2.11 bits per heavy atom. The molecular weight excluding hydrogens is 242 g/mol. The molecule has 2 N–H and O–H groups in total. The van der Waals surface area contributed by atoms with E-state index in [-0.39, 0.29) is 18.4 Å². The standard InChI is InChI=1S/C14H17N3O2/c15-11-4-1-3-10-6-8-16(14(10)11)9-13(19)17-7-2-5-12(17)18/h1,3-4H,2,5-9,15H2. The second-order valence-corrected chi connectivity index (χ2v) is 5.07. The van der Waals surface area contributed by atoms with Gasteiger partial charge in [-0.1, -0.05) is 12.1 Å². The number of carbonyl (C=O) groups is 2. The van der Waals surface area contributed by atoms with E-state index in [1.165, 1.54) is 10.5 Å². The summed E-state index contributed by atoms with van der Waals surface area (Å²) in [6.07, 6.45) is 2.18. The molecule has 100 valence electrons. The van der Waals surface area contributed by atoms with Crippen LogP contribution in [-0.4, -0.2) is 36.3 Å². The van der Waals surface area contributed by atoms with Crippen LogP contribution in [0.15, 0.2) is 18.2 Å². The minimum Gasteiger partial charge on any atom is -0.397 e. The van der Waals surface area contributed by atoms with Gasteiger partial charge in [0.25, 0.3) is 0 Å². The first-order valence-electron chi connectivity index (χ1n) is 6.62. The van der Waals surface area contributed by atoms with E-state index in [4.69, 9.17) is 5.73 Å². The van der Waals surface area contributed by atoms with Gasteiger partial charge in [-0.25, -0.2) is 0 Å². The number of amides is 2. The summed E-state index contributed by atoms with van der Waals surface area (Å²) in [6.45, 7) is 1.59. The van der Waals surface area contributed by atoms with Gasteiger partial charge in [-0.2, -0.15) is 0 Å². The quantitative estimate of drug-likeness (QED) is 0.797. The molecule has 0 bridgehead atoms. The fraction of sp³-hybridized carbons (Fsp3) is 0.429. The van der Waals surface area contributed by atoms with Gasteiger partial charge in [-0.15, -0.1) is 0 Å². The minimum absolute atomic E-state index is 0.0505. The molecule has 2 aliphatic heterocycles. The summed E-state index contributed by atoms with van der Waals surface area (Å²) in [5.74, 6) is -0.163. The number of para-hydroxylation sites is 1. The first-order valence-corrected chi connectivity index (χ1v) is 6.62. The van der Waals surface area contributed by atoms with Gasteiger partial charge >= 0.3 is 0 Å². The molecule has 0 saturated carbocycles. The van der Waals surface area contributed by atoms with Gasteiger partial charge in [0, 0.05) is 19.5 Å². The second-order valence-electron chi connectivity index (χ2n) is 5.07. The lowest BCUT2D eigenvalue weighted by Crippen LogP contribution is -2.40. The fourth-order valence-corrected chi connectivity index (χ4v) is 2.88. The fourth-order valence-electron chi connectivity index (χ4n) is 2.88. The van der Waals surface area contributed by atoms with Gasteiger partial charge in [0.05, 0.1) is 17.9 Å². The maximum absolute atomic E-state index is 12.2. The third-order valence-electron chi connectivity index (χ3n) is 3.82. The molecule has 2 heterocycles. The summed E-state index contributed by atoms with van der Waals surface area (Å²) >= 11 is 0. The zero-order valence-electron chi connectivity index (χ0n) is 10.8. The molecule has 5 nitrogen and oxygen atoms in total. The lowest BCUT2D eigenvalue weighted by Gasteiger charge is -2.23. The topological polar surface area (TPSA) is 66.6 Å². The van der Waals surface area contributed by atoms with Crippen molar-refractivity contribution in [1.29, 1.82) is 0 Å². The Kier molecular flexibility index (Phi) is 2.89. The van der Waals surface area contributed by atoms with Gasteiger partial charge in [-0.05, 0) is 24.5 Å². The van der Waals surface area contributed by atoms with Crippen LogP contribution in [-0.2, 0) is 16.0 Å². The van der Waals surface area contributed by atoms with Crippen molar-refractivity contribution in [2.75, 3.05) is 30.3 Å². The van der Waals surface area contributed by atoms with Crippen molar-refractivity contribution >= 4 is 23.2 Å². The molecule has 0 spiro atoms. The number of likely N-dealkylation sites (tertiary alicyclic amines) is 1. The molecule has 0 aromatic heterocycles. The van der Waals surface area contributed by atoms with Crippen molar-refractivity contribution in [2.24, 2.45) is 0 Å². The lowest BCUT2D eigenvalue weighted by molar-refractivity contribution is -0.140. The Bertz CT molecular complexity index is 541. The first kappa shape index (κ1) is 12.0. The number of nitrogens with two attached hydrogens (primary N) is 1. The van der Waals surface area contributed by atoms with E-state index in [9.17, 15) is 9.59 Å². The largest absolute Gasteiger partial charge is 0.397 e. The van der Waals surface area contributed by atoms with Gasteiger partial charge in [0.2, 0.25) is 11.8 Å². The van der Waals surface area contributed by atoms with Crippen LogP contribution in [0.4, 0.5) is 11.4 Å². The molecular formula is C14H17N3O2. The SMILES string of the molecule is Nc1cccc2c1N(CC(=O)N1CCCC1=O)CC2. The number of anilines is 2. The van der Waals surface area contributed by atoms with Crippen molar-refractivity contribution in [2.45, 2.75) is 19.3 Å². The summed E-state index contributed by atoms with van der Waals surface area (Å²) in [6, 6.07) is 5.82. The number of carbonyl (C=O) groups excluding carboxylic acids is 2. The van der Waals surface area contributed by atoms with Crippen molar-refractivity contribution in [3.05, 3.63) is 23.8 Å². The molecule has 5 heteroatoms.